The highest BCUT2D eigenvalue weighted by Crippen LogP contribution is 2.28. The van der Waals surface area contributed by atoms with Gasteiger partial charge in [0.05, 0.1) is 12.1 Å². The SMILES string of the molecule is O=C(NCC1Cc2cc(F)ccc2O1)c1ccc(Cl)nc1. The van der Waals surface area contributed by atoms with Crippen molar-refractivity contribution < 1.29 is 13.9 Å². The van der Waals surface area contributed by atoms with Crippen LogP contribution < -0.4 is 10.1 Å². The van der Waals surface area contributed by atoms with Crippen molar-refractivity contribution in [2.24, 2.45) is 0 Å². The molecule has 0 spiro atoms. The normalized spacial score (nSPS) is 16.2. The van der Waals surface area contributed by atoms with Crippen LogP contribution in [0.3, 0.4) is 0 Å². The molecule has 0 saturated carbocycles. The zero-order valence-corrected chi connectivity index (χ0v) is 11.7. The van der Waals surface area contributed by atoms with E-state index in [4.69, 9.17) is 16.3 Å². The summed E-state index contributed by atoms with van der Waals surface area (Å²) in [5.74, 6) is 0.142. The van der Waals surface area contributed by atoms with Gasteiger partial charge in [-0.1, -0.05) is 11.6 Å². The average Bonchev–Trinajstić information content (AvgIpc) is 2.87. The standard InChI is InChI=1S/C15H12ClFN2O2/c16-14-4-1-9(7-18-14)15(20)19-8-12-6-10-5-11(17)2-3-13(10)21-12/h1-5,7,12H,6,8H2,(H,19,20). The highest BCUT2D eigenvalue weighted by molar-refractivity contribution is 6.29. The molecule has 1 aliphatic rings. The second kappa shape index (κ2) is 5.69. The number of nitrogens with one attached hydrogen (secondary N) is 1. The Labute approximate surface area is 125 Å². The van der Waals surface area contributed by atoms with E-state index in [1.165, 1.54) is 18.3 Å². The van der Waals surface area contributed by atoms with Crippen molar-refractivity contribution in [2.75, 3.05) is 6.54 Å². The number of pyridine rings is 1. The lowest BCUT2D eigenvalue weighted by Gasteiger charge is -2.11. The minimum atomic E-state index is -0.283. The summed E-state index contributed by atoms with van der Waals surface area (Å²) in [5, 5.41) is 3.11. The number of benzene rings is 1. The van der Waals surface area contributed by atoms with Gasteiger partial charge in [-0.25, -0.2) is 9.37 Å². The summed E-state index contributed by atoms with van der Waals surface area (Å²) >= 11 is 5.67. The van der Waals surface area contributed by atoms with Gasteiger partial charge in [-0.15, -0.1) is 0 Å². The Hall–Kier alpha value is -2.14. The lowest BCUT2D eigenvalue weighted by molar-refractivity contribution is 0.0933. The molecule has 0 bridgehead atoms. The number of carbonyl (C=O) groups excluding carboxylic acids is 1. The van der Waals surface area contributed by atoms with Gasteiger partial charge in [0, 0.05) is 18.2 Å². The molecule has 1 amide bonds. The molecule has 2 heterocycles. The first kappa shape index (κ1) is 13.8. The molecule has 1 N–H and O–H groups in total. The van der Waals surface area contributed by atoms with Crippen LogP contribution in [-0.4, -0.2) is 23.5 Å². The minimum Gasteiger partial charge on any atom is -0.488 e. The van der Waals surface area contributed by atoms with E-state index in [0.29, 0.717) is 29.4 Å². The van der Waals surface area contributed by atoms with Crippen molar-refractivity contribution in [3.05, 3.63) is 58.6 Å². The molecule has 2 aromatic rings. The zero-order valence-electron chi connectivity index (χ0n) is 11.0. The number of hydrogen-bond donors (Lipinski definition) is 1. The predicted octanol–water partition coefficient (Wildman–Crippen LogP) is 2.61. The number of halogens is 2. The summed E-state index contributed by atoms with van der Waals surface area (Å²) in [5.41, 5.74) is 1.25. The molecule has 1 unspecified atom stereocenters. The van der Waals surface area contributed by atoms with Crippen molar-refractivity contribution in [3.8, 4) is 5.75 Å². The maximum Gasteiger partial charge on any atom is 0.252 e. The highest BCUT2D eigenvalue weighted by atomic mass is 35.5. The van der Waals surface area contributed by atoms with Gasteiger partial charge < -0.3 is 10.1 Å². The van der Waals surface area contributed by atoms with Crippen LogP contribution >= 0.6 is 11.6 Å². The monoisotopic (exact) mass is 306 g/mol. The number of aromatic nitrogens is 1. The van der Waals surface area contributed by atoms with Gasteiger partial charge in [0.15, 0.2) is 0 Å². The molecule has 4 nitrogen and oxygen atoms in total. The first-order chi connectivity index (χ1) is 10.1. The largest absolute Gasteiger partial charge is 0.488 e. The second-order valence-corrected chi connectivity index (χ2v) is 5.16. The van der Waals surface area contributed by atoms with Crippen molar-refractivity contribution in [3.63, 3.8) is 0 Å². The Bertz CT molecular complexity index is 676. The van der Waals surface area contributed by atoms with Gasteiger partial charge in [0.25, 0.3) is 5.91 Å². The maximum atomic E-state index is 13.1. The molecule has 0 saturated heterocycles. The molecule has 21 heavy (non-hydrogen) atoms. The van der Waals surface area contributed by atoms with E-state index in [1.54, 1.807) is 18.2 Å². The number of hydrogen-bond acceptors (Lipinski definition) is 3. The van der Waals surface area contributed by atoms with Crippen LogP contribution in [0.25, 0.3) is 0 Å². The second-order valence-electron chi connectivity index (χ2n) is 4.78. The smallest absolute Gasteiger partial charge is 0.252 e. The van der Waals surface area contributed by atoms with Gasteiger partial charge >= 0.3 is 0 Å². The van der Waals surface area contributed by atoms with Crippen LogP contribution in [0.15, 0.2) is 36.5 Å². The summed E-state index contributed by atoms with van der Waals surface area (Å²) in [6, 6.07) is 7.58. The third-order valence-electron chi connectivity index (χ3n) is 3.24. The Balaban J connectivity index is 1.57. The van der Waals surface area contributed by atoms with Crippen molar-refractivity contribution in [1.29, 1.82) is 0 Å². The summed E-state index contributed by atoms with van der Waals surface area (Å²) in [7, 11) is 0. The Morgan fingerprint density at radius 3 is 3.05 bits per heavy atom. The molecular weight excluding hydrogens is 295 g/mol. The van der Waals surface area contributed by atoms with Gasteiger partial charge in [-0.05, 0) is 30.3 Å². The van der Waals surface area contributed by atoms with Gasteiger partial charge in [-0.2, -0.15) is 0 Å². The van der Waals surface area contributed by atoms with E-state index in [-0.39, 0.29) is 17.8 Å². The molecule has 0 radical (unpaired) electrons. The molecule has 3 rings (SSSR count). The molecule has 1 aromatic heterocycles. The number of nitrogens with zero attached hydrogens (tertiary/aromatic N) is 1. The molecule has 0 fully saturated rings. The Kier molecular flexibility index (Phi) is 3.75. The van der Waals surface area contributed by atoms with Crippen LogP contribution in [0.1, 0.15) is 15.9 Å². The summed E-state index contributed by atoms with van der Waals surface area (Å²) < 4.78 is 18.8. The van der Waals surface area contributed by atoms with E-state index >= 15 is 0 Å². The summed E-state index contributed by atoms with van der Waals surface area (Å²) in [6.45, 7) is 0.345. The molecule has 6 heteroatoms. The Morgan fingerprint density at radius 2 is 2.29 bits per heavy atom. The lowest BCUT2D eigenvalue weighted by Crippen LogP contribution is -2.34. The number of carbonyl (C=O) groups is 1. The summed E-state index contributed by atoms with van der Waals surface area (Å²) in [6.07, 6.45) is 1.80. The zero-order chi connectivity index (χ0) is 14.8. The molecule has 0 aliphatic carbocycles. The Morgan fingerprint density at radius 1 is 1.43 bits per heavy atom. The third kappa shape index (κ3) is 3.13. The third-order valence-corrected chi connectivity index (χ3v) is 3.47. The van der Waals surface area contributed by atoms with Gasteiger partial charge in [-0.3, -0.25) is 4.79 Å². The van der Waals surface area contributed by atoms with Crippen LogP contribution in [0.5, 0.6) is 5.75 Å². The first-order valence-electron chi connectivity index (χ1n) is 6.46. The van der Waals surface area contributed by atoms with Crippen LogP contribution in [0, 0.1) is 5.82 Å². The van der Waals surface area contributed by atoms with E-state index in [1.807, 2.05) is 0 Å². The van der Waals surface area contributed by atoms with Gasteiger partial charge in [0.2, 0.25) is 0 Å². The summed E-state index contributed by atoms with van der Waals surface area (Å²) in [4.78, 5) is 15.8. The lowest BCUT2D eigenvalue weighted by atomic mass is 10.1. The van der Waals surface area contributed by atoms with E-state index in [0.717, 1.165) is 5.56 Å². The molecule has 1 aliphatic heterocycles. The number of ether oxygens (including phenoxy) is 1. The fourth-order valence-corrected chi connectivity index (χ4v) is 2.33. The first-order valence-corrected chi connectivity index (χ1v) is 6.84. The molecule has 1 atom stereocenters. The van der Waals surface area contributed by atoms with Crippen LogP contribution in [-0.2, 0) is 6.42 Å². The molecular formula is C15H12ClFN2O2. The van der Waals surface area contributed by atoms with Gasteiger partial charge in [0.1, 0.15) is 22.8 Å². The predicted molar refractivity (Wildman–Crippen MR) is 76.1 cm³/mol. The van der Waals surface area contributed by atoms with E-state index in [9.17, 15) is 9.18 Å². The number of amides is 1. The molecule has 1 aromatic carbocycles. The van der Waals surface area contributed by atoms with Crippen LogP contribution in [0.4, 0.5) is 4.39 Å². The average molecular weight is 307 g/mol. The number of fused-ring (bicyclic) bond motifs is 1. The van der Waals surface area contributed by atoms with Crippen LogP contribution in [0.2, 0.25) is 5.15 Å². The van der Waals surface area contributed by atoms with Crippen molar-refractivity contribution in [1.82, 2.24) is 10.3 Å². The van der Waals surface area contributed by atoms with Crippen molar-refractivity contribution >= 4 is 17.5 Å². The quantitative estimate of drug-likeness (QED) is 0.887. The van der Waals surface area contributed by atoms with Crippen molar-refractivity contribution in [2.45, 2.75) is 12.5 Å². The number of rotatable bonds is 3. The highest BCUT2D eigenvalue weighted by Gasteiger charge is 2.23. The minimum absolute atomic E-state index is 0.189. The topological polar surface area (TPSA) is 51.2 Å². The maximum absolute atomic E-state index is 13.1. The molecule has 108 valence electrons. The fourth-order valence-electron chi connectivity index (χ4n) is 2.22. The fraction of sp³-hybridized carbons (Fsp3) is 0.200. The van der Waals surface area contributed by atoms with E-state index in [2.05, 4.69) is 10.3 Å². The van der Waals surface area contributed by atoms with E-state index < -0.39 is 0 Å².